The monoisotopic (exact) mass is 558 g/mol. The van der Waals surface area contributed by atoms with Gasteiger partial charge in [-0.2, -0.15) is 19.9 Å². The number of aliphatic hydroxyl groups is 2. The number of benzene rings is 2. The normalized spacial score (nSPS) is 10.1. The van der Waals surface area contributed by atoms with E-state index in [4.69, 9.17) is 31.3 Å². The first-order chi connectivity index (χ1) is 19.0. The highest BCUT2D eigenvalue weighted by Gasteiger charge is 2.05. The van der Waals surface area contributed by atoms with Crippen LogP contribution in [-0.4, -0.2) is 80.6 Å². The molecule has 4 rings (SSSR count). The van der Waals surface area contributed by atoms with E-state index in [0.29, 0.717) is 36.9 Å². The summed E-state index contributed by atoms with van der Waals surface area (Å²) in [6.45, 7) is 0.728. The number of aromatic nitrogens is 6. The lowest BCUT2D eigenvalue weighted by Crippen LogP contribution is -2.10. The molecule has 2 aromatic heterocycles. The van der Waals surface area contributed by atoms with Crippen LogP contribution in [0.3, 0.4) is 0 Å². The third-order valence-electron chi connectivity index (χ3n) is 4.66. The van der Waals surface area contributed by atoms with Crippen molar-refractivity contribution in [1.29, 1.82) is 0 Å². The molecule has 4 aromatic rings. The average Bonchev–Trinajstić information content (AvgIpc) is 2.96. The van der Waals surface area contributed by atoms with E-state index >= 15 is 0 Å². The summed E-state index contributed by atoms with van der Waals surface area (Å²) in [5, 5.41) is 29.3. The summed E-state index contributed by atoms with van der Waals surface area (Å²) in [4.78, 5) is 24.1. The van der Waals surface area contributed by atoms with Gasteiger partial charge in [0, 0.05) is 25.9 Å². The van der Waals surface area contributed by atoms with Crippen molar-refractivity contribution in [2.75, 3.05) is 61.8 Å². The quantitative estimate of drug-likeness (QED) is 0.149. The number of nitrogens with zero attached hydrogens (tertiary/aromatic N) is 6. The van der Waals surface area contributed by atoms with E-state index in [1.165, 1.54) is 6.33 Å². The molecule has 0 aliphatic rings. The maximum Gasteiger partial charge on any atom is 0.233 e. The molecule has 0 unspecified atom stereocenters. The Balaban J connectivity index is 0.000000274. The lowest BCUT2D eigenvalue weighted by atomic mass is 10.3. The van der Waals surface area contributed by atoms with Crippen LogP contribution in [0.4, 0.5) is 35.2 Å². The number of methoxy groups -OCH3 is 2. The largest absolute Gasteiger partial charge is 0.497 e. The second-order valence-corrected chi connectivity index (χ2v) is 7.73. The molecule has 0 atom stereocenters. The van der Waals surface area contributed by atoms with Crippen LogP contribution in [0.2, 0.25) is 5.28 Å². The molecule has 0 bridgehead atoms. The van der Waals surface area contributed by atoms with Gasteiger partial charge in [0.1, 0.15) is 17.8 Å². The summed E-state index contributed by atoms with van der Waals surface area (Å²) >= 11 is 5.82. The Morgan fingerprint density at radius 1 is 0.667 bits per heavy atom. The molecule has 2 aromatic carbocycles. The van der Waals surface area contributed by atoms with Gasteiger partial charge in [-0.15, -0.1) is 0 Å². The van der Waals surface area contributed by atoms with E-state index in [0.717, 1.165) is 22.9 Å². The maximum absolute atomic E-state index is 8.76. The second-order valence-electron chi connectivity index (χ2n) is 7.39. The average molecular weight is 559 g/mol. The fourth-order valence-electron chi connectivity index (χ4n) is 2.87. The number of aliphatic hydroxyl groups excluding tert-OH is 2. The predicted molar refractivity (Wildman–Crippen MR) is 150 cm³/mol. The fraction of sp³-hybridized carbons (Fsp3) is 0.250. The first-order valence-electron chi connectivity index (χ1n) is 11.6. The number of rotatable bonds is 12. The summed E-state index contributed by atoms with van der Waals surface area (Å²) in [5.74, 6) is 3.01. The molecule has 0 aliphatic carbocycles. The smallest absolute Gasteiger partial charge is 0.233 e. The van der Waals surface area contributed by atoms with Crippen molar-refractivity contribution in [1.82, 2.24) is 29.9 Å². The van der Waals surface area contributed by atoms with Gasteiger partial charge < -0.3 is 41.0 Å². The zero-order valence-electron chi connectivity index (χ0n) is 21.3. The zero-order valence-corrected chi connectivity index (χ0v) is 22.1. The van der Waals surface area contributed by atoms with Gasteiger partial charge in [0.05, 0.1) is 27.4 Å². The summed E-state index contributed by atoms with van der Waals surface area (Å²) in [5.41, 5.74) is 1.64. The summed E-state index contributed by atoms with van der Waals surface area (Å²) in [6, 6.07) is 14.7. The van der Waals surface area contributed by atoms with E-state index < -0.39 is 0 Å². The third-order valence-corrected chi connectivity index (χ3v) is 4.83. The van der Waals surface area contributed by atoms with Gasteiger partial charge in [0.15, 0.2) is 0 Å². The minimum atomic E-state index is -0.0233. The summed E-state index contributed by atoms with van der Waals surface area (Å²) < 4.78 is 10.2. The van der Waals surface area contributed by atoms with Crippen molar-refractivity contribution in [3.05, 3.63) is 60.1 Å². The van der Waals surface area contributed by atoms with Gasteiger partial charge in [-0.25, -0.2) is 9.97 Å². The van der Waals surface area contributed by atoms with Gasteiger partial charge in [-0.1, -0.05) is 0 Å². The maximum atomic E-state index is 8.76. The number of halogens is 1. The van der Waals surface area contributed by atoms with Crippen LogP contribution >= 0.6 is 11.6 Å². The van der Waals surface area contributed by atoms with E-state index in [1.807, 2.05) is 48.5 Å². The molecule has 6 N–H and O–H groups in total. The third kappa shape index (κ3) is 10.0. The summed E-state index contributed by atoms with van der Waals surface area (Å²) in [7, 11) is 3.22. The molecule has 208 valence electrons. The van der Waals surface area contributed by atoms with Gasteiger partial charge in [-0.3, -0.25) is 0 Å². The molecule has 0 saturated carbocycles. The number of hydrogen-bond acceptors (Lipinski definition) is 14. The molecular weight excluding hydrogens is 528 g/mol. The van der Waals surface area contributed by atoms with E-state index in [2.05, 4.69) is 51.2 Å². The van der Waals surface area contributed by atoms with Crippen LogP contribution in [0.25, 0.3) is 0 Å². The molecule has 14 nitrogen and oxygen atoms in total. The Morgan fingerprint density at radius 2 is 1.13 bits per heavy atom. The Morgan fingerprint density at radius 3 is 1.67 bits per heavy atom. The molecule has 0 fully saturated rings. The van der Waals surface area contributed by atoms with Gasteiger partial charge in [-0.05, 0) is 60.1 Å². The van der Waals surface area contributed by atoms with Gasteiger partial charge in [0.2, 0.25) is 29.1 Å². The van der Waals surface area contributed by atoms with Crippen LogP contribution in [-0.2, 0) is 0 Å². The Bertz CT molecular complexity index is 1290. The molecule has 39 heavy (non-hydrogen) atoms. The van der Waals surface area contributed by atoms with E-state index in [9.17, 15) is 0 Å². The lowest BCUT2D eigenvalue weighted by Gasteiger charge is -2.08. The highest BCUT2D eigenvalue weighted by molar-refractivity contribution is 6.28. The molecule has 0 radical (unpaired) electrons. The van der Waals surface area contributed by atoms with Crippen LogP contribution < -0.4 is 30.7 Å². The minimum Gasteiger partial charge on any atom is -0.497 e. The van der Waals surface area contributed by atoms with Crippen molar-refractivity contribution in [2.45, 2.75) is 0 Å². The van der Waals surface area contributed by atoms with Crippen LogP contribution in [0.1, 0.15) is 1.43 Å². The Kier molecular flexibility index (Phi) is 11.7. The number of ether oxygens (including phenoxy) is 2. The topological polar surface area (TPSA) is 184 Å². The molecule has 0 saturated heterocycles. The van der Waals surface area contributed by atoms with Crippen molar-refractivity contribution in [3.8, 4) is 11.5 Å². The van der Waals surface area contributed by atoms with Crippen LogP contribution in [0.15, 0.2) is 54.9 Å². The molecule has 0 aliphatic heterocycles. The molecular formula is C24H31ClN10O4. The number of hydrogen-bond donors (Lipinski definition) is 6. The standard InChI is InChI=1S/C12H14ClN5O2.C12H15N5O2.H2/c1-20-9-4-2-8(3-5-9)15-12-17-10(13)16-11(18-12)14-6-7-19;1-19-10-4-2-9(3-5-10)16-12-15-8-14-11(17-12)13-6-7-18;/h2-5,19H,6-7H2,1H3,(H2,14,15,16,17,18);2-5,8,18H,6-7H2,1H3,(H2,13,14,15,16,17);1H. The predicted octanol–water partition coefficient (Wildman–Crippen LogP) is 2.96. The highest BCUT2D eigenvalue weighted by atomic mass is 35.5. The fourth-order valence-corrected chi connectivity index (χ4v) is 3.03. The van der Waals surface area contributed by atoms with Crippen molar-refractivity contribution in [3.63, 3.8) is 0 Å². The first-order valence-corrected chi connectivity index (χ1v) is 12.0. The SMILES string of the molecule is COc1ccc(Nc2nc(Cl)nc(NCCO)n2)cc1.COc1ccc(Nc2ncnc(NCCO)n2)cc1.[HH]. The molecule has 2 heterocycles. The minimum absolute atomic E-state index is 0. The number of anilines is 6. The van der Waals surface area contributed by atoms with Crippen LogP contribution in [0, 0.1) is 0 Å². The summed E-state index contributed by atoms with van der Waals surface area (Å²) in [6.07, 6.45) is 1.40. The highest BCUT2D eigenvalue weighted by Crippen LogP contribution is 2.20. The van der Waals surface area contributed by atoms with E-state index in [1.54, 1.807) is 14.2 Å². The molecule has 0 spiro atoms. The second kappa shape index (κ2) is 15.7. The number of nitrogens with one attached hydrogen (secondary N) is 4. The van der Waals surface area contributed by atoms with Gasteiger partial charge in [0.25, 0.3) is 0 Å². The Labute approximate surface area is 231 Å². The Hall–Kier alpha value is -4.53. The van der Waals surface area contributed by atoms with E-state index in [-0.39, 0.29) is 19.9 Å². The van der Waals surface area contributed by atoms with Crippen LogP contribution in [0.5, 0.6) is 11.5 Å². The molecule has 15 heteroatoms. The van der Waals surface area contributed by atoms with Gasteiger partial charge >= 0.3 is 0 Å². The zero-order chi connectivity index (χ0) is 27.9. The molecule has 0 amide bonds. The van der Waals surface area contributed by atoms with Crippen molar-refractivity contribution in [2.24, 2.45) is 0 Å². The van der Waals surface area contributed by atoms with Crippen molar-refractivity contribution >= 4 is 46.8 Å². The lowest BCUT2D eigenvalue weighted by molar-refractivity contribution is 0.310. The van der Waals surface area contributed by atoms with Crippen molar-refractivity contribution < 1.29 is 21.1 Å². The first kappa shape index (κ1) is 29.0.